The van der Waals surface area contributed by atoms with E-state index in [2.05, 4.69) is 60.7 Å². The molecule has 13 nitrogen and oxygen atoms in total. The molecule has 0 fully saturated rings. The maximum Gasteiger partial charge on any atom is 0.272 e. The molecule has 0 unspecified atom stereocenters. The fourth-order valence-electron chi connectivity index (χ4n) is 8.18. The monoisotopic (exact) mass is 899 g/mol. The van der Waals surface area contributed by atoms with Gasteiger partial charge in [-0.05, 0) is 107 Å². The van der Waals surface area contributed by atoms with E-state index in [0.717, 1.165) is 56.1 Å². The van der Waals surface area contributed by atoms with E-state index >= 15 is 0 Å². The first kappa shape index (κ1) is 44.7. The number of aromatic amines is 2. The molecule has 0 aliphatic carbocycles. The molecule has 0 saturated carbocycles. The molecule has 0 radical (unpaired) electrons. The highest BCUT2D eigenvalue weighted by molar-refractivity contribution is 6.32. The molecule has 0 spiro atoms. The average Bonchev–Trinajstić information content (AvgIpc) is 3.98. The van der Waals surface area contributed by atoms with Gasteiger partial charge in [-0.15, -0.1) is 0 Å². The summed E-state index contributed by atoms with van der Waals surface area (Å²) in [7, 11) is 1.80. The lowest BCUT2D eigenvalue weighted by atomic mass is 9.83. The minimum Gasteiger partial charge on any atom is -0.491 e. The molecule has 0 saturated heterocycles. The number of aromatic nitrogens is 7. The van der Waals surface area contributed by atoms with Crippen LogP contribution in [0.2, 0.25) is 0 Å². The maximum absolute atomic E-state index is 14.7. The zero-order valence-electron chi connectivity index (χ0n) is 36.1. The molecule has 334 valence electrons. The second-order valence-corrected chi connectivity index (χ2v) is 15.8. The van der Waals surface area contributed by atoms with Crippen molar-refractivity contribution < 1.29 is 23.0 Å². The highest BCUT2D eigenvalue weighted by Crippen LogP contribution is 2.46. The molecule has 4 aromatic carbocycles. The smallest absolute Gasteiger partial charge is 0.272 e. The highest BCUT2D eigenvalue weighted by atomic mass is 35.5. The summed E-state index contributed by atoms with van der Waals surface area (Å²) in [4.78, 5) is 17.1. The molecule has 65 heavy (non-hydrogen) atoms. The van der Waals surface area contributed by atoms with Crippen molar-refractivity contribution in [3.8, 4) is 5.75 Å². The largest absolute Gasteiger partial charge is 0.491 e. The Bertz CT molecular complexity index is 2980. The van der Waals surface area contributed by atoms with Crippen LogP contribution in [0.5, 0.6) is 5.75 Å². The quantitative estimate of drug-likeness (QED) is 0.0455. The number of allylic oxidation sites excluding steroid dienone is 6. The van der Waals surface area contributed by atoms with Gasteiger partial charge in [0.1, 0.15) is 36.2 Å². The first-order valence-corrected chi connectivity index (χ1v) is 21.6. The molecular formula is C49H48ClF2N9O4. The number of rotatable bonds is 19. The molecule has 0 amide bonds. The van der Waals surface area contributed by atoms with Crippen LogP contribution in [-0.4, -0.2) is 74.7 Å². The summed E-state index contributed by atoms with van der Waals surface area (Å²) in [6.07, 6.45) is 6.34. The summed E-state index contributed by atoms with van der Waals surface area (Å²) < 4.78 is 48.0. The van der Waals surface area contributed by atoms with Crippen molar-refractivity contribution in [1.29, 1.82) is 0 Å². The zero-order valence-corrected chi connectivity index (χ0v) is 36.9. The summed E-state index contributed by atoms with van der Waals surface area (Å²) >= 11 is 6.62. The van der Waals surface area contributed by atoms with E-state index in [1.165, 1.54) is 24.5 Å². The van der Waals surface area contributed by atoms with Crippen LogP contribution < -0.4 is 20.9 Å². The molecule has 16 heteroatoms. The topological polar surface area (TPSA) is 157 Å². The summed E-state index contributed by atoms with van der Waals surface area (Å²) in [6.45, 7) is 10.1. The molecule has 3 aromatic heterocycles. The summed E-state index contributed by atoms with van der Waals surface area (Å²) in [5, 5.41) is 27.4. The van der Waals surface area contributed by atoms with Crippen LogP contribution in [0, 0.1) is 5.82 Å². The van der Waals surface area contributed by atoms with E-state index in [0.29, 0.717) is 79.4 Å². The number of benzene rings is 4. The maximum atomic E-state index is 14.7. The fourth-order valence-corrected chi connectivity index (χ4v) is 8.40. The SMILES string of the molecule is C=C\C(F)=C/C(Cl)=C(C)/C(CC)=C(\c1ccc(OCCOCCOCCNc2ccc([C@H]3Nc4cc(F)cc5c(=O)[nH]nc(c45)[C@@H]3c3ncnn3C)cc2)cc1)c1ccc2[nH]ncc2c1. The van der Waals surface area contributed by atoms with Crippen LogP contribution in [0.4, 0.5) is 20.2 Å². The van der Waals surface area contributed by atoms with Crippen molar-refractivity contribution >= 4 is 50.2 Å². The van der Waals surface area contributed by atoms with Gasteiger partial charge < -0.3 is 24.8 Å². The molecular weight excluding hydrogens is 852 g/mol. The first-order valence-electron chi connectivity index (χ1n) is 21.2. The van der Waals surface area contributed by atoms with Crippen LogP contribution in [0.1, 0.15) is 60.4 Å². The third kappa shape index (κ3) is 9.92. The lowest BCUT2D eigenvalue weighted by molar-refractivity contribution is 0.0395. The Morgan fingerprint density at radius 2 is 1.72 bits per heavy atom. The molecule has 1 aliphatic heterocycles. The van der Waals surface area contributed by atoms with Crippen molar-refractivity contribution in [2.45, 2.75) is 32.2 Å². The number of H-pyrrole nitrogens is 2. The predicted octanol–water partition coefficient (Wildman–Crippen LogP) is 9.65. The van der Waals surface area contributed by atoms with Crippen LogP contribution in [0.15, 0.2) is 137 Å². The molecule has 4 heterocycles. The number of hydrogen-bond acceptors (Lipinski definition) is 10. The Morgan fingerprint density at radius 3 is 2.46 bits per heavy atom. The van der Waals surface area contributed by atoms with Crippen molar-refractivity contribution in [3.63, 3.8) is 0 Å². The Hall–Kier alpha value is -6.94. The highest BCUT2D eigenvalue weighted by Gasteiger charge is 2.38. The second-order valence-electron chi connectivity index (χ2n) is 15.4. The number of ether oxygens (including phenoxy) is 3. The van der Waals surface area contributed by atoms with Gasteiger partial charge in [0, 0.05) is 40.8 Å². The normalized spacial score (nSPS) is 15.7. The first-order chi connectivity index (χ1) is 31.6. The molecule has 0 bridgehead atoms. The minimum atomic E-state index is -0.518. The van der Waals surface area contributed by atoms with Crippen LogP contribution >= 0.6 is 11.6 Å². The number of nitrogens with one attached hydrogen (secondary N) is 4. The molecule has 1 aliphatic rings. The van der Waals surface area contributed by atoms with Crippen LogP contribution in [0.3, 0.4) is 0 Å². The van der Waals surface area contributed by atoms with E-state index in [1.807, 2.05) is 67.6 Å². The predicted molar refractivity (Wildman–Crippen MR) is 250 cm³/mol. The van der Waals surface area contributed by atoms with Crippen LogP contribution in [-0.2, 0) is 16.5 Å². The van der Waals surface area contributed by atoms with Gasteiger partial charge >= 0.3 is 0 Å². The van der Waals surface area contributed by atoms with Gasteiger partial charge in [0.25, 0.3) is 5.56 Å². The summed E-state index contributed by atoms with van der Waals surface area (Å²) in [5.74, 6) is -0.0957. The van der Waals surface area contributed by atoms with Gasteiger partial charge in [0.05, 0.1) is 61.2 Å². The number of nitrogens with zero attached hydrogens (tertiary/aromatic N) is 5. The van der Waals surface area contributed by atoms with E-state index in [9.17, 15) is 13.6 Å². The average molecular weight is 900 g/mol. The Labute approximate surface area is 378 Å². The van der Waals surface area contributed by atoms with E-state index in [-0.39, 0.29) is 11.4 Å². The second kappa shape index (κ2) is 20.3. The molecule has 4 N–H and O–H groups in total. The third-order valence-corrected chi connectivity index (χ3v) is 11.7. The molecule has 8 rings (SSSR count). The van der Waals surface area contributed by atoms with Crippen molar-refractivity contribution in [2.24, 2.45) is 7.05 Å². The number of aryl methyl sites for hydroxylation is 1. The Morgan fingerprint density at radius 1 is 0.969 bits per heavy atom. The number of halogens is 3. The van der Waals surface area contributed by atoms with Crippen molar-refractivity contribution in [2.75, 3.05) is 50.2 Å². The molecule has 2 atom stereocenters. The Kier molecular flexibility index (Phi) is 13.9. The van der Waals surface area contributed by atoms with Gasteiger partial charge in [-0.3, -0.25) is 14.6 Å². The van der Waals surface area contributed by atoms with E-state index in [4.69, 9.17) is 25.8 Å². The number of hydrogen-bond donors (Lipinski definition) is 4. The number of fused-ring (bicyclic) bond motifs is 1. The van der Waals surface area contributed by atoms with Crippen molar-refractivity contribution in [3.05, 3.63) is 177 Å². The lowest BCUT2D eigenvalue weighted by Gasteiger charge is -2.33. The van der Waals surface area contributed by atoms with Gasteiger partial charge in [-0.25, -0.2) is 18.9 Å². The lowest BCUT2D eigenvalue weighted by Crippen LogP contribution is -2.30. The summed E-state index contributed by atoms with van der Waals surface area (Å²) in [6, 6.07) is 24.1. The third-order valence-electron chi connectivity index (χ3n) is 11.4. The van der Waals surface area contributed by atoms with E-state index < -0.39 is 23.1 Å². The summed E-state index contributed by atoms with van der Waals surface area (Å²) in [5.41, 5.74) is 8.03. The van der Waals surface area contributed by atoms with Gasteiger partial charge in [0.2, 0.25) is 0 Å². The minimum absolute atomic E-state index is 0.223. The van der Waals surface area contributed by atoms with Gasteiger partial charge in [-0.2, -0.15) is 15.3 Å². The number of anilines is 2. The Balaban J connectivity index is 0.806. The zero-order chi connectivity index (χ0) is 45.5. The van der Waals surface area contributed by atoms with E-state index in [1.54, 1.807) is 17.9 Å². The van der Waals surface area contributed by atoms with Gasteiger partial charge in [0.15, 0.2) is 0 Å². The van der Waals surface area contributed by atoms with Gasteiger partial charge in [-0.1, -0.05) is 55.4 Å². The van der Waals surface area contributed by atoms with Crippen molar-refractivity contribution in [1.82, 2.24) is 35.2 Å². The fraction of sp³-hybridized carbons (Fsp3) is 0.245. The van der Waals surface area contributed by atoms with Crippen LogP contribution in [0.25, 0.3) is 27.2 Å². The molecule has 7 aromatic rings. The standard InChI is InChI=1S/C49H48ClF2N9O4/c1-5-34(51)25-40(50)29(3)38(6-2)43(32-11-16-41-33(23-32)27-55-58-41)30-9-14-37(15-10-30)65-22-21-64-20-19-63-18-17-53-36-12-7-31(8-13-36)46-45(48-54-28-56-61(48)4)47-44-39(49(62)60-59-47)24-35(52)26-42(44)57-46/h5,7-16,23-28,45-46,53,57H,1,6,17-22H2,2-4H3,(H,55,58)(H,60,62)/b34-25+,40-29-,43-38+/t45-,46-/m1/s1.